The summed E-state index contributed by atoms with van der Waals surface area (Å²) in [6.07, 6.45) is 6.60. The van der Waals surface area contributed by atoms with Gasteiger partial charge in [-0.1, -0.05) is 49.6 Å². The first-order chi connectivity index (χ1) is 33.4. The molecule has 2 aliphatic rings. The molecular weight excluding hydrogens is 891 g/mol. The minimum Gasteiger partial charge on any atom is -0.469 e. The van der Waals surface area contributed by atoms with Crippen molar-refractivity contribution in [3.63, 3.8) is 0 Å². The van der Waals surface area contributed by atoms with Gasteiger partial charge >= 0.3 is 11.9 Å². The Balaban J connectivity index is 0.000000261. The number of hydrogen-bond acceptors (Lipinski definition) is 13. The Morgan fingerprint density at radius 1 is 0.614 bits per heavy atom. The number of methoxy groups -OCH3 is 2. The fourth-order valence-electron chi connectivity index (χ4n) is 9.07. The molecule has 3 aromatic carbocycles. The minimum absolute atomic E-state index is 0.170. The van der Waals surface area contributed by atoms with Crippen LogP contribution in [0.4, 0.5) is 0 Å². The van der Waals surface area contributed by atoms with Crippen LogP contribution in [0.15, 0.2) is 116 Å². The van der Waals surface area contributed by atoms with E-state index >= 15 is 0 Å². The number of hydrogen-bond donors (Lipinski definition) is 6. The zero-order chi connectivity index (χ0) is 51.1. The summed E-state index contributed by atoms with van der Waals surface area (Å²) in [4.78, 5) is 81.9. The number of carbonyl (C=O) groups is 6. The summed E-state index contributed by atoms with van der Waals surface area (Å²) in [6, 6.07) is 23.5. The second kappa shape index (κ2) is 25.1. The van der Waals surface area contributed by atoms with Crippen molar-refractivity contribution in [3.8, 4) is 22.3 Å². The highest BCUT2D eigenvalue weighted by Gasteiger charge is 2.34. The SMILES string of the molecule is C=C(N)N1CCCC(C[C@@H](C(=O)OC)[C@@H](C)NC(=O)c2ccc(-c3cccc(C(N)=O)c3)cc2)C1.C=C(N)N1CCCC(C[C@@H](C(=O)OC)[C@@H](C)NC(=O)c2ccc(-c3ccnc(C(N)=O)c3)cc2)C1. The maximum absolute atomic E-state index is 12.9. The van der Waals surface area contributed by atoms with Gasteiger partial charge in [0.05, 0.1) is 37.7 Å². The van der Waals surface area contributed by atoms with Crippen molar-refractivity contribution in [2.24, 2.45) is 46.6 Å². The third-order valence-electron chi connectivity index (χ3n) is 13.1. The molecule has 70 heavy (non-hydrogen) atoms. The number of piperidine rings is 2. The van der Waals surface area contributed by atoms with Gasteiger partial charge in [-0.2, -0.15) is 0 Å². The fourth-order valence-corrected chi connectivity index (χ4v) is 9.07. The number of aromatic nitrogens is 1. The normalized spacial score (nSPS) is 17.2. The smallest absolute Gasteiger partial charge is 0.310 e. The molecule has 3 heterocycles. The van der Waals surface area contributed by atoms with Gasteiger partial charge in [-0.25, -0.2) is 0 Å². The largest absolute Gasteiger partial charge is 0.469 e. The van der Waals surface area contributed by atoms with Gasteiger partial charge in [0.25, 0.3) is 17.7 Å². The summed E-state index contributed by atoms with van der Waals surface area (Å²) in [5.74, 6) is -1.74. The zero-order valence-electron chi connectivity index (χ0n) is 40.5. The average Bonchev–Trinajstić information content (AvgIpc) is 3.37. The fraction of sp³-hybridized carbons (Fsp3) is 0.377. The highest BCUT2D eigenvalue weighted by molar-refractivity contribution is 5.97. The molecule has 0 aliphatic carbocycles. The molecule has 2 fully saturated rings. The molecule has 0 spiro atoms. The standard InChI is InChI=1S/C27H34N4O4.C26H33N5O4/c1-17(24(27(34)35-3)14-19-6-5-13-31(16-19)18(2)28)30-26(33)21-11-9-20(10-12-21)22-7-4-8-23(15-22)25(29)32;1-16(22(26(34)35-3)13-18-5-4-12-31(15-18)17(2)27)30-25(33)20-8-6-19(7-9-20)21-10-11-29-23(14-21)24(28)32/h4,7-12,15,17,19,24H,2,5-6,13-14,16,28H2,1,3H3,(H2,29,32)(H,30,33);6-11,14,16,18,22H,2,4-5,12-13,15,27H2,1,3H3,(H2,28,32)(H,30,33)/t17-,19?,24-;16-,18?,22-/m11/s1. The van der Waals surface area contributed by atoms with E-state index < -0.39 is 35.7 Å². The molecule has 2 unspecified atom stereocenters. The molecule has 0 saturated carbocycles. The first kappa shape index (κ1) is 53.3. The van der Waals surface area contributed by atoms with Crippen molar-refractivity contribution >= 4 is 35.6 Å². The zero-order valence-corrected chi connectivity index (χ0v) is 40.5. The van der Waals surface area contributed by atoms with Crippen molar-refractivity contribution in [2.45, 2.75) is 64.5 Å². The predicted octanol–water partition coefficient (Wildman–Crippen LogP) is 5.18. The highest BCUT2D eigenvalue weighted by atomic mass is 16.5. The Hall–Kier alpha value is -7.69. The van der Waals surface area contributed by atoms with Crippen LogP contribution in [0.25, 0.3) is 22.3 Å². The van der Waals surface area contributed by atoms with Crippen molar-refractivity contribution in [3.05, 3.63) is 138 Å². The summed E-state index contributed by atoms with van der Waals surface area (Å²) < 4.78 is 10.1. The molecule has 4 amide bonds. The Kier molecular flexibility index (Phi) is 19.1. The van der Waals surface area contributed by atoms with E-state index in [1.165, 1.54) is 20.4 Å². The van der Waals surface area contributed by atoms with Gasteiger partial charge in [-0.15, -0.1) is 0 Å². The molecule has 17 heteroatoms. The number of likely N-dealkylation sites (tertiary alicyclic amines) is 2. The van der Waals surface area contributed by atoms with E-state index in [1.807, 2.05) is 41.8 Å². The molecule has 0 radical (unpaired) electrons. The lowest BCUT2D eigenvalue weighted by molar-refractivity contribution is -0.148. The van der Waals surface area contributed by atoms with E-state index in [4.69, 9.17) is 32.4 Å². The van der Waals surface area contributed by atoms with Crippen molar-refractivity contribution in [1.82, 2.24) is 25.4 Å². The van der Waals surface area contributed by atoms with Gasteiger partial charge in [0.2, 0.25) is 5.91 Å². The number of primary amides is 2. The predicted molar refractivity (Wildman–Crippen MR) is 268 cm³/mol. The Morgan fingerprint density at radius 2 is 1.06 bits per heavy atom. The summed E-state index contributed by atoms with van der Waals surface area (Å²) in [7, 11) is 2.73. The third-order valence-corrected chi connectivity index (χ3v) is 13.1. The number of ether oxygens (including phenoxy) is 2. The van der Waals surface area contributed by atoms with Crippen LogP contribution >= 0.6 is 0 Å². The van der Waals surface area contributed by atoms with Gasteiger partial charge in [0.15, 0.2) is 0 Å². The van der Waals surface area contributed by atoms with Crippen LogP contribution in [0.2, 0.25) is 0 Å². The van der Waals surface area contributed by atoms with Crippen molar-refractivity contribution in [1.29, 1.82) is 0 Å². The van der Waals surface area contributed by atoms with Crippen molar-refractivity contribution < 1.29 is 38.2 Å². The first-order valence-electron chi connectivity index (χ1n) is 23.4. The van der Waals surface area contributed by atoms with E-state index in [1.54, 1.807) is 66.7 Å². The summed E-state index contributed by atoms with van der Waals surface area (Å²) in [6.45, 7) is 14.5. The van der Waals surface area contributed by atoms with Crippen LogP contribution in [0.3, 0.4) is 0 Å². The second-order valence-corrected chi connectivity index (χ2v) is 18.0. The molecule has 6 rings (SSSR count). The van der Waals surface area contributed by atoms with Gasteiger partial charge < -0.3 is 52.8 Å². The maximum atomic E-state index is 12.9. The van der Waals surface area contributed by atoms with Crippen molar-refractivity contribution in [2.75, 3.05) is 40.4 Å². The van der Waals surface area contributed by atoms with E-state index in [2.05, 4.69) is 28.8 Å². The van der Waals surface area contributed by atoms with Crippen LogP contribution in [0.1, 0.15) is 93.9 Å². The average molecular weight is 958 g/mol. The third kappa shape index (κ3) is 14.7. The molecule has 6 atom stereocenters. The summed E-state index contributed by atoms with van der Waals surface area (Å²) in [5.41, 5.74) is 27.2. The lowest BCUT2D eigenvalue weighted by Gasteiger charge is -2.36. The number of rotatable bonds is 18. The Labute approximate surface area is 410 Å². The number of esters is 2. The number of nitrogens with two attached hydrogens (primary N) is 4. The van der Waals surface area contributed by atoms with E-state index in [0.29, 0.717) is 41.2 Å². The molecule has 17 nitrogen and oxygen atoms in total. The summed E-state index contributed by atoms with van der Waals surface area (Å²) >= 11 is 0. The van der Waals surface area contributed by atoms with Crippen LogP contribution in [-0.4, -0.2) is 103 Å². The molecule has 2 saturated heterocycles. The highest BCUT2D eigenvalue weighted by Crippen LogP contribution is 2.29. The van der Waals surface area contributed by atoms with Gasteiger partial charge in [-0.05, 0) is 135 Å². The number of nitrogens with one attached hydrogen (secondary N) is 2. The van der Waals surface area contributed by atoms with Crippen LogP contribution in [-0.2, 0) is 19.1 Å². The molecule has 1 aromatic heterocycles. The number of pyridine rings is 1. The molecule has 10 N–H and O–H groups in total. The lowest BCUT2D eigenvalue weighted by Crippen LogP contribution is -2.44. The summed E-state index contributed by atoms with van der Waals surface area (Å²) in [5, 5.41) is 5.91. The molecular formula is C53H67N9O8. The van der Waals surface area contributed by atoms with Gasteiger partial charge in [0, 0.05) is 61.1 Å². The second-order valence-electron chi connectivity index (χ2n) is 18.0. The Morgan fingerprint density at radius 3 is 1.46 bits per heavy atom. The number of nitrogens with zero attached hydrogens (tertiary/aromatic N) is 3. The topological polar surface area (TPSA) is 268 Å². The van der Waals surface area contributed by atoms with E-state index in [-0.39, 0.29) is 41.3 Å². The lowest BCUT2D eigenvalue weighted by atomic mass is 9.85. The maximum Gasteiger partial charge on any atom is 0.310 e. The quantitative estimate of drug-likeness (QED) is 0.0703. The number of amides is 4. The molecule has 4 aromatic rings. The molecule has 372 valence electrons. The molecule has 0 bridgehead atoms. The minimum atomic E-state index is -0.606. The van der Waals surface area contributed by atoms with Crippen LogP contribution in [0.5, 0.6) is 0 Å². The van der Waals surface area contributed by atoms with Gasteiger partial charge in [-0.3, -0.25) is 33.8 Å². The number of carbonyl (C=O) groups excluding carboxylic acids is 6. The monoisotopic (exact) mass is 958 g/mol. The van der Waals surface area contributed by atoms with Gasteiger partial charge in [0.1, 0.15) is 5.69 Å². The van der Waals surface area contributed by atoms with Crippen LogP contribution in [0, 0.1) is 23.7 Å². The van der Waals surface area contributed by atoms with E-state index in [0.717, 1.165) is 74.1 Å². The van der Waals surface area contributed by atoms with E-state index in [9.17, 15) is 28.8 Å². The first-order valence-corrected chi connectivity index (χ1v) is 23.4. The number of benzene rings is 3. The Bertz CT molecular complexity index is 2340. The molecule has 2 aliphatic heterocycles. The van der Waals surface area contributed by atoms with Crippen LogP contribution < -0.4 is 33.6 Å².